The Kier molecular flexibility index (Phi) is 5.58. The summed E-state index contributed by atoms with van der Waals surface area (Å²) in [5, 5.41) is 15.9. The molecule has 0 aromatic carbocycles. The summed E-state index contributed by atoms with van der Waals surface area (Å²) in [6.07, 6.45) is 1.50. The first-order valence-corrected chi connectivity index (χ1v) is 6.12. The Hall–Kier alpha value is -1.11. The highest BCUT2D eigenvalue weighted by Gasteiger charge is 2.10. The van der Waals surface area contributed by atoms with Crippen LogP contribution in [0.25, 0.3) is 0 Å². The molecule has 2 N–H and O–H groups in total. The molecule has 6 nitrogen and oxygen atoms in total. The molecule has 0 amide bonds. The lowest BCUT2D eigenvalue weighted by molar-refractivity contribution is 0.266. The van der Waals surface area contributed by atoms with Crippen molar-refractivity contribution in [1.29, 1.82) is 0 Å². The maximum atomic E-state index is 11.8. The van der Waals surface area contributed by atoms with Gasteiger partial charge in [0.05, 0.1) is 25.0 Å². The van der Waals surface area contributed by atoms with E-state index in [2.05, 4.69) is 22.2 Å². The topological polar surface area (TPSA) is 70.4 Å². The lowest BCUT2D eigenvalue weighted by atomic mass is 10.3. The van der Waals surface area contributed by atoms with Gasteiger partial charge in [-0.05, 0) is 21.0 Å². The van der Waals surface area contributed by atoms with Crippen LogP contribution in [0.5, 0.6) is 0 Å². The van der Waals surface area contributed by atoms with Crippen LogP contribution >= 0.6 is 11.6 Å². The summed E-state index contributed by atoms with van der Waals surface area (Å²) < 4.78 is 1.14. The zero-order valence-electron chi connectivity index (χ0n) is 10.9. The summed E-state index contributed by atoms with van der Waals surface area (Å²) in [7, 11) is 3.96. The molecule has 0 aliphatic rings. The molecule has 1 atom stereocenters. The number of aliphatic hydroxyl groups excluding tert-OH is 1. The van der Waals surface area contributed by atoms with Crippen LogP contribution in [0.2, 0.25) is 5.02 Å². The lowest BCUT2D eigenvalue weighted by Gasteiger charge is -2.20. The van der Waals surface area contributed by atoms with Crippen molar-refractivity contribution >= 4 is 17.3 Å². The van der Waals surface area contributed by atoms with Crippen molar-refractivity contribution in [2.45, 2.75) is 19.5 Å². The smallest absolute Gasteiger partial charge is 0.287 e. The number of likely N-dealkylation sites (N-methyl/N-ethyl adjacent to an activating group) is 1. The maximum Gasteiger partial charge on any atom is 0.287 e. The van der Waals surface area contributed by atoms with Crippen LogP contribution in [0, 0.1) is 0 Å². The summed E-state index contributed by atoms with van der Waals surface area (Å²) in [5.74, 6) is 0. The van der Waals surface area contributed by atoms with E-state index < -0.39 is 5.56 Å². The van der Waals surface area contributed by atoms with Crippen LogP contribution in [-0.4, -0.2) is 53.1 Å². The van der Waals surface area contributed by atoms with Crippen molar-refractivity contribution in [2.24, 2.45) is 0 Å². The molecule has 1 heterocycles. The van der Waals surface area contributed by atoms with Crippen LogP contribution < -0.4 is 10.9 Å². The van der Waals surface area contributed by atoms with Gasteiger partial charge in [0.15, 0.2) is 0 Å². The Bertz CT molecular complexity index is 447. The molecule has 1 rings (SSSR count). The Balaban J connectivity index is 2.79. The van der Waals surface area contributed by atoms with E-state index in [4.69, 9.17) is 16.7 Å². The molecule has 1 aromatic rings. The minimum absolute atomic E-state index is 0.101. The van der Waals surface area contributed by atoms with E-state index in [9.17, 15) is 4.79 Å². The molecular weight excluding hydrogens is 256 g/mol. The molecular formula is C11H19ClN4O2. The molecule has 7 heteroatoms. The van der Waals surface area contributed by atoms with Crippen LogP contribution in [-0.2, 0) is 6.54 Å². The molecule has 0 saturated carbocycles. The largest absolute Gasteiger partial charge is 0.394 e. The first-order valence-electron chi connectivity index (χ1n) is 5.74. The molecule has 0 radical (unpaired) electrons. The van der Waals surface area contributed by atoms with E-state index in [-0.39, 0.29) is 18.2 Å². The van der Waals surface area contributed by atoms with E-state index in [0.717, 1.165) is 4.68 Å². The molecule has 0 bridgehead atoms. The summed E-state index contributed by atoms with van der Waals surface area (Å²) in [5.41, 5.74) is 0.123. The van der Waals surface area contributed by atoms with Crippen molar-refractivity contribution in [2.75, 3.05) is 32.6 Å². The molecule has 18 heavy (non-hydrogen) atoms. The number of halogens is 1. The summed E-state index contributed by atoms with van der Waals surface area (Å²) in [6.45, 7) is 2.72. The van der Waals surface area contributed by atoms with E-state index >= 15 is 0 Å². The van der Waals surface area contributed by atoms with Gasteiger partial charge in [0.25, 0.3) is 5.56 Å². The Morgan fingerprint density at radius 2 is 2.28 bits per heavy atom. The van der Waals surface area contributed by atoms with Gasteiger partial charge in [0.1, 0.15) is 5.02 Å². The second-order valence-electron chi connectivity index (χ2n) is 4.32. The third kappa shape index (κ3) is 3.69. The second-order valence-corrected chi connectivity index (χ2v) is 4.70. The van der Waals surface area contributed by atoms with Gasteiger partial charge in [-0.15, -0.1) is 0 Å². The van der Waals surface area contributed by atoms with Crippen molar-refractivity contribution < 1.29 is 5.11 Å². The van der Waals surface area contributed by atoms with Crippen molar-refractivity contribution in [1.82, 2.24) is 14.7 Å². The van der Waals surface area contributed by atoms with E-state index in [1.807, 2.05) is 14.1 Å². The maximum absolute atomic E-state index is 11.8. The highest BCUT2D eigenvalue weighted by Crippen LogP contribution is 2.15. The minimum atomic E-state index is -0.395. The third-order valence-electron chi connectivity index (χ3n) is 2.77. The summed E-state index contributed by atoms with van der Waals surface area (Å²) in [6, 6.07) is 0.306. The SMILES string of the molecule is CC(CNc1cnn(CCO)c(=O)c1Cl)N(C)C. The minimum Gasteiger partial charge on any atom is -0.394 e. The molecule has 102 valence electrons. The number of hydrogen-bond donors (Lipinski definition) is 2. The number of anilines is 1. The van der Waals surface area contributed by atoms with Crippen LogP contribution in [0.15, 0.2) is 11.0 Å². The fourth-order valence-corrected chi connectivity index (χ4v) is 1.50. The summed E-state index contributed by atoms with van der Waals surface area (Å²) >= 11 is 5.97. The van der Waals surface area contributed by atoms with Gasteiger partial charge in [0, 0.05) is 12.6 Å². The van der Waals surface area contributed by atoms with E-state index in [1.54, 1.807) is 0 Å². The third-order valence-corrected chi connectivity index (χ3v) is 3.13. The molecule has 0 spiro atoms. The zero-order valence-corrected chi connectivity index (χ0v) is 11.6. The lowest BCUT2D eigenvalue weighted by Crippen LogP contribution is -2.32. The fraction of sp³-hybridized carbons (Fsp3) is 0.636. The Labute approximate surface area is 111 Å². The highest BCUT2D eigenvalue weighted by atomic mass is 35.5. The molecule has 0 saturated heterocycles. The Morgan fingerprint density at radius 3 is 2.83 bits per heavy atom. The van der Waals surface area contributed by atoms with Gasteiger partial charge in [-0.1, -0.05) is 11.6 Å². The van der Waals surface area contributed by atoms with Crippen LogP contribution in [0.4, 0.5) is 5.69 Å². The average molecular weight is 275 g/mol. The predicted molar refractivity (Wildman–Crippen MR) is 72.2 cm³/mol. The average Bonchev–Trinajstić information content (AvgIpc) is 2.33. The van der Waals surface area contributed by atoms with Crippen molar-refractivity contribution in [3.63, 3.8) is 0 Å². The normalized spacial score (nSPS) is 12.8. The molecule has 0 fully saturated rings. The standard InChI is InChI=1S/C11H19ClN4O2/c1-8(15(2)3)6-13-9-7-14-16(4-5-17)11(18)10(9)12/h7-8,13,17H,4-6H2,1-3H3. The van der Waals surface area contributed by atoms with Crippen LogP contribution in [0.3, 0.4) is 0 Å². The second kappa shape index (κ2) is 6.72. The fourth-order valence-electron chi connectivity index (χ4n) is 1.28. The van der Waals surface area contributed by atoms with Gasteiger partial charge in [-0.2, -0.15) is 5.10 Å². The first-order chi connectivity index (χ1) is 8.47. The van der Waals surface area contributed by atoms with Gasteiger partial charge in [0.2, 0.25) is 0 Å². The van der Waals surface area contributed by atoms with Gasteiger partial charge in [-0.3, -0.25) is 4.79 Å². The van der Waals surface area contributed by atoms with Gasteiger partial charge >= 0.3 is 0 Å². The first kappa shape index (κ1) is 14.9. The number of aromatic nitrogens is 2. The van der Waals surface area contributed by atoms with Gasteiger partial charge in [-0.25, -0.2) is 4.68 Å². The quantitative estimate of drug-likeness (QED) is 0.778. The number of rotatable bonds is 6. The molecule has 0 aliphatic heterocycles. The number of aliphatic hydroxyl groups is 1. The van der Waals surface area contributed by atoms with Gasteiger partial charge < -0.3 is 15.3 Å². The van der Waals surface area contributed by atoms with Crippen LogP contribution in [0.1, 0.15) is 6.92 Å². The number of hydrogen-bond acceptors (Lipinski definition) is 5. The monoisotopic (exact) mass is 274 g/mol. The van der Waals surface area contributed by atoms with E-state index in [0.29, 0.717) is 18.3 Å². The van der Waals surface area contributed by atoms with Crippen molar-refractivity contribution in [3.05, 3.63) is 21.6 Å². The number of nitrogens with one attached hydrogen (secondary N) is 1. The molecule has 0 aliphatic carbocycles. The zero-order chi connectivity index (χ0) is 13.7. The summed E-state index contributed by atoms with van der Waals surface area (Å²) in [4.78, 5) is 13.8. The highest BCUT2D eigenvalue weighted by molar-refractivity contribution is 6.32. The van der Waals surface area contributed by atoms with E-state index in [1.165, 1.54) is 6.20 Å². The van der Waals surface area contributed by atoms with Crippen molar-refractivity contribution in [3.8, 4) is 0 Å². The molecule has 1 aromatic heterocycles. The predicted octanol–water partition coefficient (Wildman–Crippen LogP) is 0.251. The molecule has 1 unspecified atom stereocenters. The number of nitrogens with zero attached hydrogens (tertiary/aromatic N) is 3. The Morgan fingerprint density at radius 1 is 1.61 bits per heavy atom.